The van der Waals surface area contributed by atoms with Crippen LogP contribution >= 0.6 is 0 Å². The van der Waals surface area contributed by atoms with Crippen LogP contribution in [0, 0.1) is 6.92 Å². The van der Waals surface area contributed by atoms with Crippen molar-refractivity contribution in [3.05, 3.63) is 11.8 Å². The normalized spacial score (nSPS) is 10.1. The second kappa shape index (κ2) is 5.42. The summed E-state index contributed by atoms with van der Waals surface area (Å²) in [7, 11) is 0. The Labute approximate surface area is 84.5 Å². The van der Waals surface area contributed by atoms with Gasteiger partial charge in [0, 0.05) is 11.8 Å². The van der Waals surface area contributed by atoms with Crippen LogP contribution in [0.15, 0.2) is 6.20 Å². The summed E-state index contributed by atoms with van der Waals surface area (Å²) in [6, 6.07) is 0. The minimum Gasteiger partial charge on any atom is -0.477 e. The zero-order valence-electron chi connectivity index (χ0n) is 8.79. The molecule has 0 spiro atoms. The fourth-order valence-electron chi connectivity index (χ4n) is 1.11. The molecule has 0 aliphatic heterocycles. The van der Waals surface area contributed by atoms with E-state index in [-0.39, 0.29) is 5.95 Å². The molecule has 0 aliphatic carbocycles. The highest BCUT2D eigenvalue weighted by Gasteiger charge is 2.01. The average Bonchev–Trinajstić information content (AvgIpc) is 2.18. The molecule has 0 bridgehead atoms. The number of nitrogen functional groups attached to an aromatic ring is 1. The molecule has 0 aliphatic rings. The van der Waals surface area contributed by atoms with E-state index >= 15 is 0 Å². The zero-order valence-corrected chi connectivity index (χ0v) is 8.79. The van der Waals surface area contributed by atoms with Crippen LogP contribution in [0.1, 0.15) is 31.7 Å². The highest BCUT2D eigenvalue weighted by molar-refractivity contribution is 5.28. The third kappa shape index (κ3) is 3.20. The molecule has 1 aromatic rings. The van der Waals surface area contributed by atoms with Crippen LogP contribution < -0.4 is 10.5 Å². The molecule has 1 aromatic heterocycles. The summed E-state index contributed by atoms with van der Waals surface area (Å²) >= 11 is 0. The fourth-order valence-corrected chi connectivity index (χ4v) is 1.11. The van der Waals surface area contributed by atoms with Gasteiger partial charge in [-0.1, -0.05) is 19.8 Å². The van der Waals surface area contributed by atoms with Gasteiger partial charge in [0.05, 0.1) is 6.61 Å². The van der Waals surface area contributed by atoms with Crippen LogP contribution in [0.2, 0.25) is 0 Å². The monoisotopic (exact) mass is 195 g/mol. The number of ether oxygens (including phenoxy) is 1. The number of nitrogens with two attached hydrogens (primary N) is 1. The van der Waals surface area contributed by atoms with Gasteiger partial charge < -0.3 is 10.5 Å². The number of aromatic nitrogens is 2. The smallest absolute Gasteiger partial charge is 0.223 e. The Hall–Kier alpha value is -1.32. The average molecular weight is 195 g/mol. The Bertz CT molecular complexity index is 289. The van der Waals surface area contributed by atoms with Crippen molar-refractivity contribution in [3.8, 4) is 5.88 Å². The quantitative estimate of drug-likeness (QED) is 0.729. The molecule has 0 saturated carbocycles. The highest BCUT2D eigenvalue weighted by atomic mass is 16.5. The van der Waals surface area contributed by atoms with Gasteiger partial charge in [0.1, 0.15) is 0 Å². The second-order valence-electron chi connectivity index (χ2n) is 3.27. The van der Waals surface area contributed by atoms with E-state index in [2.05, 4.69) is 16.9 Å². The van der Waals surface area contributed by atoms with Gasteiger partial charge in [-0.3, -0.25) is 0 Å². The Morgan fingerprint density at radius 1 is 1.43 bits per heavy atom. The molecule has 1 rings (SSSR count). The molecule has 0 saturated heterocycles. The van der Waals surface area contributed by atoms with Crippen LogP contribution in [-0.2, 0) is 0 Å². The Morgan fingerprint density at radius 3 is 2.93 bits per heavy atom. The topological polar surface area (TPSA) is 61.0 Å². The molecule has 0 atom stereocenters. The van der Waals surface area contributed by atoms with Crippen molar-refractivity contribution in [3.63, 3.8) is 0 Å². The highest BCUT2D eigenvalue weighted by Crippen LogP contribution is 2.14. The van der Waals surface area contributed by atoms with Gasteiger partial charge in [-0.2, -0.15) is 4.98 Å². The third-order valence-electron chi connectivity index (χ3n) is 1.93. The van der Waals surface area contributed by atoms with Gasteiger partial charge in [-0.25, -0.2) is 4.98 Å². The summed E-state index contributed by atoms with van der Waals surface area (Å²) in [5.74, 6) is 0.870. The van der Waals surface area contributed by atoms with Crippen LogP contribution in [0.4, 0.5) is 5.95 Å². The van der Waals surface area contributed by atoms with E-state index < -0.39 is 0 Å². The maximum absolute atomic E-state index is 5.49. The molecule has 0 fully saturated rings. The zero-order chi connectivity index (χ0) is 10.4. The summed E-state index contributed by atoms with van der Waals surface area (Å²) < 4.78 is 5.49. The Kier molecular flexibility index (Phi) is 4.16. The molecule has 0 aromatic carbocycles. The number of hydrogen-bond acceptors (Lipinski definition) is 4. The van der Waals surface area contributed by atoms with E-state index in [4.69, 9.17) is 10.5 Å². The second-order valence-corrected chi connectivity index (χ2v) is 3.27. The van der Waals surface area contributed by atoms with Crippen LogP contribution in [0.5, 0.6) is 5.88 Å². The summed E-state index contributed by atoms with van der Waals surface area (Å²) in [5, 5.41) is 0. The minimum atomic E-state index is 0.265. The molecule has 4 nitrogen and oxygen atoms in total. The predicted molar refractivity (Wildman–Crippen MR) is 56.2 cm³/mol. The van der Waals surface area contributed by atoms with E-state index in [1.54, 1.807) is 6.20 Å². The van der Waals surface area contributed by atoms with Crippen molar-refractivity contribution >= 4 is 5.95 Å². The van der Waals surface area contributed by atoms with Crippen LogP contribution in [0.25, 0.3) is 0 Å². The molecular weight excluding hydrogens is 178 g/mol. The summed E-state index contributed by atoms with van der Waals surface area (Å²) in [4.78, 5) is 7.89. The summed E-state index contributed by atoms with van der Waals surface area (Å²) in [6.45, 7) is 4.77. The first-order valence-corrected chi connectivity index (χ1v) is 4.96. The molecule has 2 N–H and O–H groups in total. The number of aryl methyl sites for hydroxylation is 1. The van der Waals surface area contributed by atoms with Gasteiger partial charge in [0.15, 0.2) is 0 Å². The lowest BCUT2D eigenvalue weighted by atomic mass is 10.3. The number of unbranched alkanes of at least 4 members (excludes halogenated alkanes) is 2. The van der Waals surface area contributed by atoms with Crippen LogP contribution in [0.3, 0.4) is 0 Å². The SMILES string of the molecule is CCCCCOc1nc(N)ncc1C. The molecule has 0 radical (unpaired) electrons. The minimum absolute atomic E-state index is 0.265. The van der Waals surface area contributed by atoms with E-state index in [9.17, 15) is 0 Å². The molecule has 14 heavy (non-hydrogen) atoms. The number of hydrogen-bond donors (Lipinski definition) is 1. The summed E-state index contributed by atoms with van der Waals surface area (Å²) in [6.07, 6.45) is 5.10. The predicted octanol–water partition coefficient (Wildman–Crippen LogP) is 1.94. The van der Waals surface area contributed by atoms with Gasteiger partial charge in [-0.15, -0.1) is 0 Å². The molecule has 1 heterocycles. The third-order valence-corrected chi connectivity index (χ3v) is 1.93. The number of anilines is 1. The van der Waals surface area contributed by atoms with Crippen molar-refractivity contribution < 1.29 is 4.74 Å². The molecule has 0 amide bonds. The van der Waals surface area contributed by atoms with Crippen molar-refractivity contribution in [2.45, 2.75) is 33.1 Å². The van der Waals surface area contributed by atoms with Gasteiger partial charge in [0.25, 0.3) is 0 Å². The maximum atomic E-state index is 5.49. The number of nitrogens with zero attached hydrogens (tertiary/aromatic N) is 2. The maximum Gasteiger partial charge on any atom is 0.223 e. The van der Waals surface area contributed by atoms with Crippen molar-refractivity contribution in [1.82, 2.24) is 9.97 Å². The first-order valence-electron chi connectivity index (χ1n) is 4.96. The van der Waals surface area contributed by atoms with Gasteiger partial charge in [-0.05, 0) is 13.3 Å². The largest absolute Gasteiger partial charge is 0.477 e. The molecule has 4 heteroatoms. The Morgan fingerprint density at radius 2 is 2.21 bits per heavy atom. The molecule has 0 unspecified atom stereocenters. The first kappa shape index (κ1) is 10.8. The standard InChI is InChI=1S/C10H17N3O/c1-3-4-5-6-14-9-8(2)7-12-10(11)13-9/h7H,3-6H2,1-2H3,(H2,11,12,13). The van der Waals surface area contributed by atoms with E-state index in [0.29, 0.717) is 12.5 Å². The lowest BCUT2D eigenvalue weighted by Gasteiger charge is -2.07. The van der Waals surface area contributed by atoms with E-state index in [1.807, 2.05) is 6.92 Å². The first-order chi connectivity index (χ1) is 6.74. The van der Waals surface area contributed by atoms with Gasteiger partial charge in [0.2, 0.25) is 11.8 Å². The van der Waals surface area contributed by atoms with E-state index in [1.165, 1.54) is 12.8 Å². The lowest BCUT2D eigenvalue weighted by molar-refractivity contribution is 0.293. The summed E-state index contributed by atoms with van der Waals surface area (Å²) in [5.41, 5.74) is 6.38. The molecular formula is C10H17N3O. The number of rotatable bonds is 5. The van der Waals surface area contributed by atoms with Crippen molar-refractivity contribution in [2.24, 2.45) is 0 Å². The van der Waals surface area contributed by atoms with Crippen LogP contribution in [-0.4, -0.2) is 16.6 Å². The molecule has 78 valence electrons. The Balaban J connectivity index is 2.45. The lowest BCUT2D eigenvalue weighted by Crippen LogP contribution is -2.03. The van der Waals surface area contributed by atoms with E-state index in [0.717, 1.165) is 12.0 Å². The fraction of sp³-hybridized carbons (Fsp3) is 0.600. The van der Waals surface area contributed by atoms with Gasteiger partial charge >= 0.3 is 0 Å². The van der Waals surface area contributed by atoms with Crippen molar-refractivity contribution in [2.75, 3.05) is 12.3 Å². The van der Waals surface area contributed by atoms with Crippen molar-refractivity contribution in [1.29, 1.82) is 0 Å².